The third-order valence-corrected chi connectivity index (χ3v) is 8.15. The molecule has 10 heteroatoms. The molecule has 0 bridgehead atoms. The van der Waals surface area contributed by atoms with Gasteiger partial charge in [0.05, 0.1) is 31.1 Å². The van der Waals surface area contributed by atoms with Gasteiger partial charge in [0, 0.05) is 26.2 Å². The predicted molar refractivity (Wildman–Crippen MR) is 147 cm³/mol. The third kappa shape index (κ3) is 5.34. The largest absolute Gasteiger partial charge is 0.466 e. The number of carbonyl (C=O) groups is 2. The van der Waals surface area contributed by atoms with E-state index >= 15 is 4.39 Å². The minimum Gasteiger partial charge on any atom is -0.466 e. The number of hydrogen-bond donors (Lipinski definition) is 1. The Hall–Kier alpha value is -3.53. The van der Waals surface area contributed by atoms with Crippen molar-refractivity contribution in [2.75, 3.05) is 55.0 Å². The van der Waals surface area contributed by atoms with E-state index in [1.54, 1.807) is 6.07 Å². The normalized spacial score (nSPS) is 21.7. The van der Waals surface area contributed by atoms with Crippen molar-refractivity contribution in [1.82, 2.24) is 9.97 Å². The Labute approximate surface area is 228 Å². The lowest BCUT2D eigenvalue weighted by atomic mass is 9.92. The Balaban J connectivity index is 1.45. The van der Waals surface area contributed by atoms with Crippen molar-refractivity contribution in [3.8, 4) is 0 Å². The van der Waals surface area contributed by atoms with E-state index in [2.05, 4.69) is 26.8 Å². The second-order valence-corrected chi connectivity index (χ2v) is 10.9. The molecule has 4 heterocycles. The molecule has 2 saturated heterocycles. The molecule has 2 aromatic heterocycles. The van der Waals surface area contributed by atoms with Gasteiger partial charge in [0.1, 0.15) is 17.5 Å². The van der Waals surface area contributed by atoms with E-state index in [0.29, 0.717) is 49.8 Å². The number of pyridine rings is 2. The average molecular weight is 538 g/mol. The van der Waals surface area contributed by atoms with Gasteiger partial charge in [-0.3, -0.25) is 4.79 Å². The summed E-state index contributed by atoms with van der Waals surface area (Å²) in [6.07, 6.45) is 4.51. The second kappa shape index (κ2) is 10.6. The summed E-state index contributed by atoms with van der Waals surface area (Å²) in [6, 6.07) is 8.36. The van der Waals surface area contributed by atoms with Gasteiger partial charge in [-0.15, -0.1) is 0 Å². The van der Waals surface area contributed by atoms with Crippen LogP contribution in [0.3, 0.4) is 0 Å². The molecule has 1 N–H and O–H groups in total. The topological polar surface area (TPSA) is 96.9 Å². The molecular formula is C29H36FN5O4. The Morgan fingerprint density at radius 3 is 2.51 bits per heavy atom. The number of anilines is 3. The van der Waals surface area contributed by atoms with E-state index in [9.17, 15) is 9.59 Å². The first-order valence-corrected chi connectivity index (χ1v) is 13.5. The highest BCUT2D eigenvalue weighted by molar-refractivity contribution is 6.07. The number of nitrogens with one attached hydrogen (secondary N) is 1. The number of hydrogen-bond acceptors (Lipinski definition) is 8. The van der Waals surface area contributed by atoms with Crippen molar-refractivity contribution in [3.63, 3.8) is 0 Å². The van der Waals surface area contributed by atoms with E-state index in [0.717, 1.165) is 25.8 Å². The fraction of sp³-hybridized carbons (Fsp3) is 0.517. The van der Waals surface area contributed by atoms with E-state index in [-0.39, 0.29) is 22.9 Å². The molecule has 1 spiro atoms. The van der Waals surface area contributed by atoms with Crippen LogP contribution < -0.4 is 15.1 Å². The van der Waals surface area contributed by atoms with Gasteiger partial charge >= 0.3 is 5.97 Å². The lowest BCUT2D eigenvalue weighted by Crippen LogP contribution is -2.41. The first-order valence-electron chi connectivity index (χ1n) is 13.5. The Bertz CT molecular complexity index is 1270. The number of nitrogens with zero attached hydrogens (tertiary/aromatic N) is 4. The number of alkyl halides is 1. The maximum atomic E-state index is 16.1. The molecular weight excluding hydrogens is 501 g/mol. The summed E-state index contributed by atoms with van der Waals surface area (Å²) in [5.41, 5.74) is -2.14. The quantitative estimate of drug-likeness (QED) is 0.414. The van der Waals surface area contributed by atoms with Crippen LogP contribution in [0.1, 0.15) is 55.6 Å². The van der Waals surface area contributed by atoms with Crippen LogP contribution in [-0.2, 0) is 19.9 Å². The van der Waals surface area contributed by atoms with Crippen molar-refractivity contribution >= 4 is 29.3 Å². The molecule has 2 aliphatic heterocycles. The highest BCUT2D eigenvalue weighted by Crippen LogP contribution is 2.54. The van der Waals surface area contributed by atoms with Crippen molar-refractivity contribution < 1.29 is 23.5 Å². The summed E-state index contributed by atoms with van der Waals surface area (Å²) in [4.78, 5) is 39.4. The van der Waals surface area contributed by atoms with Gasteiger partial charge in [-0.2, -0.15) is 0 Å². The molecule has 5 rings (SSSR count). The number of carbonyl (C=O) groups excluding carboxylic acids is 2. The molecule has 3 fully saturated rings. The monoisotopic (exact) mass is 537 g/mol. The summed E-state index contributed by atoms with van der Waals surface area (Å²) < 4.78 is 26.4. The standard InChI is InChI=1S/C29H36FN5O4/c1-19(2)29(30,27(37)38-4)22-9-8-21(25(31-22)34-14-12-28(10-11-28)13-15-34)26(36)33-23-6-5-7-24(32-23)35-16-17-39-20(3)18-35/h5-9,20H,1,10-18H2,2-4H3,(H,32,33,36)/t20-,29?/m1/s1. The van der Waals surface area contributed by atoms with Crippen LogP contribution in [0.4, 0.5) is 21.8 Å². The zero-order valence-corrected chi connectivity index (χ0v) is 22.8. The van der Waals surface area contributed by atoms with Gasteiger partial charge in [0.25, 0.3) is 11.6 Å². The number of esters is 1. The SMILES string of the molecule is C=C(C)C(F)(C(=O)OC)c1ccc(C(=O)Nc2cccc(N3CCO[C@H](C)C3)n2)c(N2CCC3(CC2)CC3)n1. The number of rotatable bonds is 7. The van der Waals surface area contributed by atoms with Crippen LogP contribution in [0.25, 0.3) is 0 Å². The molecule has 0 radical (unpaired) electrons. The Kier molecular flexibility index (Phi) is 7.33. The number of ether oxygens (including phenoxy) is 2. The minimum absolute atomic E-state index is 0.0426. The van der Waals surface area contributed by atoms with Crippen LogP contribution in [0, 0.1) is 5.41 Å². The van der Waals surface area contributed by atoms with Gasteiger partial charge in [0.2, 0.25) is 0 Å². The first-order chi connectivity index (χ1) is 18.6. The smallest absolute Gasteiger partial charge is 0.354 e. The van der Waals surface area contributed by atoms with Crippen molar-refractivity contribution in [3.05, 3.63) is 53.7 Å². The van der Waals surface area contributed by atoms with E-state index in [4.69, 9.17) is 9.47 Å². The molecule has 2 aromatic rings. The zero-order valence-electron chi connectivity index (χ0n) is 22.8. The van der Waals surface area contributed by atoms with E-state index in [1.165, 1.54) is 31.9 Å². The van der Waals surface area contributed by atoms with Gasteiger partial charge < -0.3 is 24.6 Å². The minimum atomic E-state index is -2.63. The fourth-order valence-corrected chi connectivity index (χ4v) is 5.45. The van der Waals surface area contributed by atoms with Crippen molar-refractivity contribution in [2.24, 2.45) is 5.41 Å². The molecule has 3 aliphatic rings. The second-order valence-electron chi connectivity index (χ2n) is 10.9. The molecule has 1 saturated carbocycles. The van der Waals surface area contributed by atoms with Crippen LogP contribution >= 0.6 is 0 Å². The fourth-order valence-electron chi connectivity index (χ4n) is 5.45. The van der Waals surface area contributed by atoms with Crippen LogP contribution in [0.2, 0.25) is 0 Å². The third-order valence-electron chi connectivity index (χ3n) is 8.15. The highest BCUT2D eigenvalue weighted by Gasteiger charge is 2.47. The van der Waals surface area contributed by atoms with Gasteiger partial charge in [-0.1, -0.05) is 12.6 Å². The Morgan fingerprint density at radius 2 is 1.87 bits per heavy atom. The highest BCUT2D eigenvalue weighted by atomic mass is 19.1. The Morgan fingerprint density at radius 1 is 1.13 bits per heavy atom. The number of aromatic nitrogens is 2. The van der Waals surface area contributed by atoms with Crippen LogP contribution in [-0.4, -0.2) is 67.8 Å². The molecule has 1 unspecified atom stereocenters. The average Bonchev–Trinajstić information content (AvgIpc) is 3.70. The zero-order chi connectivity index (χ0) is 27.8. The summed E-state index contributed by atoms with van der Waals surface area (Å²) >= 11 is 0. The molecule has 208 valence electrons. The lowest BCUT2D eigenvalue weighted by molar-refractivity contribution is -0.152. The van der Waals surface area contributed by atoms with Gasteiger partial charge in [-0.05, 0) is 74.8 Å². The summed E-state index contributed by atoms with van der Waals surface area (Å²) in [6.45, 7) is 10.6. The van der Waals surface area contributed by atoms with Crippen LogP contribution in [0.5, 0.6) is 0 Å². The lowest BCUT2D eigenvalue weighted by Gasteiger charge is -2.34. The molecule has 0 aromatic carbocycles. The first kappa shape index (κ1) is 27.1. The van der Waals surface area contributed by atoms with E-state index < -0.39 is 17.5 Å². The molecule has 9 nitrogen and oxygen atoms in total. The van der Waals surface area contributed by atoms with Gasteiger partial charge in [-0.25, -0.2) is 19.2 Å². The number of methoxy groups -OCH3 is 1. The number of amides is 1. The van der Waals surface area contributed by atoms with E-state index in [1.807, 2.05) is 24.0 Å². The predicted octanol–water partition coefficient (Wildman–Crippen LogP) is 4.25. The van der Waals surface area contributed by atoms with Crippen LogP contribution in [0.15, 0.2) is 42.5 Å². The maximum Gasteiger partial charge on any atom is 0.354 e. The number of morpholine rings is 1. The summed E-state index contributed by atoms with van der Waals surface area (Å²) in [5, 5.41) is 2.89. The maximum absolute atomic E-state index is 16.1. The summed E-state index contributed by atoms with van der Waals surface area (Å²) in [7, 11) is 1.13. The number of halogens is 1. The number of piperidine rings is 1. The van der Waals surface area contributed by atoms with Crippen molar-refractivity contribution in [2.45, 2.75) is 51.3 Å². The molecule has 39 heavy (non-hydrogen) atoms. The molecule has 1 amide bonds. The van der Waals surface area contributed by atoms with Gasteiger partial charge in [0.15, 0.2) is 0 Å². The molecule has 1 aliphatic carbocycles. The molecule has 2 atom stereocenters. The van der Waals surface area contributed by atoms with Crippen molar-refractivity contribution in [1.29, 1.82) is 0 Å². The summed E-state index contributed by atoms with van der Waals surface area (Å²) in [5.74, 6) is -0.0122.